The van der Waals surface area contributed by atoms with Crippen LogP contribution >= 0.6 is 0 Å². The Balaban J connectivity index is 1.63. The number of rotatable bonds is 5. The topological polar surface area (TPSA) is 88.3 Å². The molecule has 2 aromatic carbocycles. The van der Waals surface area contributed by atoms with Crippen LogP contribution < -0.4 is 16.0 Å². The van der Waals surface area contributed by atoms with E-state index in [0.29, 0.717) is 23.4 Å². The lowest BCUT2D eigenvalue weighted by molar-refractivity contribution is -0.123. The van der Waals surface area contributed by atoms with E-state index in [1.165, 1.54) is 12.1 Å². The highest BCUT2D eigenvalue weighted by Gasteiger charge is 2.29. The lowest BCUT2D eigenvalue weighted by Crippen LogP contribution is -2.40. The van der Waals surface area contributed by atoms with Crippen molar-refractivity contribution >= 4 is 23.3 Å². The molecule has 1 aromatic heterocycles. The molecule has 1 aliphatic rings. The molecule has 4 rings (SSSR count). The van der Waals surface area contributed by atoms with Crippen LogP contribution in [0, 0.1) is 11.7 Å². The van der Waals surface area contributed by atoms with E-state index in [4.69, 9.17) is 5.73 Å². The van der Waals surface area contributed by atoms with E-state index in [0.717, 1.165) is 18.4 Å². The van der Waals surface area contributed by atoms with Gasteiger partial charge in [-0.1, -0.05) is 43.3 Å². The predicted octanol–water partition coefficient (Wildman–Crippen LogP) is 4.72. The molecule has 0 spiro atoms. The summed E-state index contributed by atoms with van der Waals surface area (Å²) in [7, 11) is 0. The van der Waals surface area contributed by atoms with Crippen molar-refractivity contribution < 1.29 is 14.0 Å². The fourth-order valence-electron chi connectivity index (χ4n) is 4.24. The Morgan fingerprint density at radius 3 is 2.70 bits per heavy atom. The number of nitrogens with zero attached hydrogens (tertiary/aromatic N) is 2. The maximum Gasteiger partial charge on any atom is 0.254 e. The van der Waals surface area contributed by atoms with Crippen molar-refractivity contribution in [1.29, 1.82) is 0 Å². The Morgan fingerprint density at radius 1 is 1.21 bits per heavy atom. The van der Waals surface area contributed by atoms with Crippen molar-refractivity contribution in [3.05, 3.63) is 77.7 Å². The maximum atomic E-state index is 15.1. The number of aromatic nitrogens is 1. The lowest BCUT2D eigenvalue weighted by Gasteiger charge is -2.32. The minimum absolute atomic E-state index is 0.0134. The van der Waals surface area contributed by atoms with Gasteiger partial charge in [-0.25, -0.2) is 9.37 Å². The number of hydrogen-bond acceptors (Lipinski definition) is 4. The summed E-state index contributed by atoms with van der Waals surface area (Å²) in [6.45, 7) is 4.32. The first kappa shape index (κ1) is 22.5. The molecule has 3 aromatic rings. The minimum atomic E-state index is -0.669. The van der Waals surface area contributed by atoms with Crippen molar-refractivity contribution in [2.45, 2.75) is 32.7 Å². The number of benzene rings is 2. The van der Waals surface area contributed by atoms with Crippen molar-refractivity contribution in [3.8, 4) is 11.1 Å². The average Bonchev–Trinajstić information content (AvgIpc) is 2.81. The van der Waals surface area contributed by atoms with Crippen LogP contribution in [0.3, 0.4) is 0 Å². The smallest absolute Gasteiger partial charge is 0.254 e. The summed E-state index contributed by atoms with van der Waals surface area (Å²) >= 11 is 0. The van der Waals surface area contributed by atoms with Crippen LogP contribution in [-0.2, 0) is 4.79 Å². The molecule has 0 bridgehead atoms. The molecule has 0 unspecified atom stereocenters. The number of carbonyl (C=O) groups excluding carboxylic acids is 2. The first-order valence-corrected chi connectivity index (χ1v) is 11.1. The quantitative estimate of drug-likeness (QED) is 0.593. The van der Waals surface area contributed by atoms with Gasteiger partial charge in [-0.15, -0.1) is 0 Å². The van der Waals surface area contributed by atoms with Gasteiger partial charge in [0.2, 0.25) is 5.91 Å². The second-order valence-corrected chi connectivity index (χ2v) is 8.42. The molecule has 6 nitrogen and oxygen atoms in total. The zero-order valence-electron chi connectivity index (χ0n) is 18.7. The van der Waals surface area contributed by atoms with Crippen molar-refractivity contribution in [2.75, 3.05) is 17.2 Å². The van der Waals surface area contributed by atoms with Crippen LogP contribution in [0.15, 0.2) is 60.8 Å². The van der Waals surface area contributed by atoms with E-state index in [1.807, 2.05) is 44.2 Å². The maximum absolute atomic E-state index is 15.1. The van der Waals surface area contributed by atoms with Gasteiger partial charge in [0.15, 0.2) is 0 Å². The Kier molecular flexibility index (Phi) is 6.40. The second kappa shape index (κ2) is 9.40. The van der Waals surface area contributed by atoms with Gasteiger partial charge >= 0.3 is 0 Å². The number of amides is 2. The van der Waals surface area contributed by atoms with Gasteiger partial charge in [0.1, 0.15) is 11.6 Å². The first-order chi connectivity index (χ1) is 15.9. The fourth-order valence-corrected chi connectivity index (χ4v) is 4.24. The van der Waals surface area contributed by atoms with Gasteiger partial charge in [-0.2, -0.15) is 0 Å². The van der Waals surface area contributed by atoms with E-state index in [1.54, 1.807) is 23.2 Å². The van der Waals surface area contributed by atoms with Crippen molar-refractivity contribution in [1.82, 2.24) is 10.3 Å². The molecular formula is C26H27FN4O2. The Bertz CT molecular complexity index is 1180. The molecule has 7 heteroatoms. The average molecular weight is 447 g/mol. The van der Waals surface area contributed by atoms with E-state index < -0.39 is 11.7 Å². The predicted molar refractivity (Wildman–Crippen MR) is 127 cm³/mol. The van der Waals surface area contributed by atoms with Gasteiger partial charge < -0.3 is 16.0 Å². The number of nitrogens with two attached hydrogens (primary N) is 1. The summed E-state index contributed by atoms with van der Waals surface area (Å²) < 4.78 is 15.1. The largest absolute Gasteiger partial charge is 0.383 e. The number of halogens is 1. The molecule has 1 aliphatic heterocycles. The zero-order valence-corrected chi connectivity index (χ0v) is 18.7. The van der Waals surface area contributed by atoms with Crippen LogP contribution in [0.25, 0.3) is 11.1 Å². The van der Waals surface area contributed by atoms with Gasteiger partial charge in [0.05, 0.1) is 17.3 Å². The summed E-state index contributed by atoms with van der Waals surface area (Å²) in [5, 5.41) is 2.83. The molecule has 170 valence electrons. The van der Waals surface area contributed by atoms with Crippen molar-refractivity contribution in [3.63, 3.8) is 0 Å². The number of nitrogen functional groups attached to an aromatic ring is 1. The molecule has 2 atom stereocenters. The summed E-state index contributed by atoms with van der Waals surface area (Å²) in [5.74, 6) is -1.05. The third kappa shape index (κ3) is 4.58. The summed E-state index contributed by atoms with van der Waals surface area (Å²) in [5.41, 5.74) is 8.59. The summed E-state index contributed by atoms with van der Waals surface area (Å²) in [6, 6.07) is 15.3. The number of anilines is 2. The number of pyridine rings is 1. The normalized spacial score (nSPS) is 17.0. The number of nitrogens with one attached hydrogen (secondary N) is 1. The molecule has 0 saturated carbocycles. The van der Waals surface area contributed by atoms with Crippen LogP contribution in [0.1, 0.15) is 48.7 Å². The molecule has 33 heavy (non-hydrogen) atoms. The third-order valence-corrected chi connectivity index (χ3v) is 6.11. The van der Waals surface area contributed by atoms with E-state index in [9.17, 15) is 9.59 Å². The SMILES string of the molecule is C[C@@H]1CCCN(c2ccnc(N)c2-c2ccc(C(=O)N[C@H](C)c3ccccc3)c(F)c2)C1=O. The Morgan fingerprint density at radius 2 is 1.97 bits per heavy atom. The Hall–Kier alpha value is -3.74. The molecule has 2 heterocycles. The van der Waals surface area contributed by atoms with Gasteiger partial charge in [0, 0.05) is 24.2 Å². The number of hydrogen-bond donors (Lipinski definition) is 2. The summed E-state index contributed by atoms with van der Waals surface area (Å²) in [4.78, 5) is 31.4. The third-order valence-electron chi connectivity index (χ3n) is 6.11. The van der Waals surface area contributed by atoms with Gasteiger partial charge in [-0.3, -0.25) is 9.59 Å². The number of carbonyl (C=O) groups is 2. The number of piperidine rings is 1. The minimum Gasteiger partial charge on any atom is -0.383 e. The second-order valence-electron chi connectivity index (χ2n) is 8.42. The van der Waals surface area contributed by atoms with Crippen LogP contribution in [0.4, 0.5) is 15.9 Å². The molecule has 2 amide bonds. The highest BCUT2D eigenvalue weighted by molar-refractivity contribution is 6.02. The highest BCUT2D eigenvalue weighted by Crippen LogP contribution is 2.37. The van der Waals surface area contributed by atoms with Gasteiger partial charge in [-0.05, 0) is 49.1 Å². The van der Waals surface area contributed by atoms with Gasteiger partial charge in [0.25, 0.3) is 5.91 Å². The Labute approximate surface area is 192 Å². The molecule has 0 radical (unpaired) electrons. The fraction of sp³-hybridized carbons (Fsp3) is 0.269. The lowest BCUT2D eigenvalue weighted by atomic mass is 9.96. The standard InChI is InChI=1S/C26H27FN4O2/c1-16-7-6-14-31(26(16)33)22-12-13-29-24(28)23(22)19-10-11-20(21(27)15-19)25(32)30-17(2)18-8-4-3-5-9-18/h3-5,8-13,15-17H,6-7,14H2,1-2H3,(H2,28,29)(H,30,32)/t16-,17-/m1/s1. The molecule has 1 fully saturated rings. The van der Waals surface area contributed by atoms with Crippen LogP contribution in [0.2, 0.25) is 0 Å². The molecular weight excluding hydrogens is 419 g/mol. The van der Waals surface area contributed by atoms with E-state index in [-0.39, 0.29) is 29.2 Å². The van der Waals surface area contributed by atoms with Crippen LogP contribution in [0.5, 0.6) is 0 Å². The summed E-state index contributed by atoms with van der Waals surface area (Å²) in [6.07, 6.45) is 3.26. The van der Waals surface area contributed by atoms with Crippen LogP contribution in [-0.4, -0.2) is 23.3 Å². The molecule has 1 saturated heterocycles. The molecule has 3 N–H and O–H groups in total. The van der Waals surface area contributed by atoms with E-state index >= 15 is 4.39 Å². The molecule has 0 aliphatic carbocycles. The monoisotopic (exact) mass is 446 g/mol. The zero-order chi connectivity index (χ0) is 23.5. The first-order valence-electron chi connectivity index (χ1n) is 11.1. The highest BCUT2D eigenvalue weighted by atomic mass is 19.1. The van der Waals surface area contributed by atoms with E-state index in [2.05, 4.69) is 10.3 Å². The van der Waals surface area contributed by atoms with Crippen molar-refractivity contribution in [2.24, 2.45) is 5.92 Å².